The van der Waals surface area contributed by atoms with Gasteiger partial charge in [0, 0.05) is 34.8 Å². The van der Waals surface area contributed by atoms with Gasteiger partial charge in [-0.2, -0.15) is 8.75 Å². The molecule has 0 radical (unpaired) electrons. The number of fused-ring (bicyclic) bond motifs is 3. The molecular weight excluding hydrogens is 689 g/mol. The van der Waals surface area contributed by atoms with Crippen LogP contribution in [0.2, 0.25) is 5.15 Å². The Kier molecular flexibility index (Phi) is 8.47. The molecule has 0 fully saturated rings. The number of benzene rings is 3. The molecule has 3 aromatic carbocycles. The number of sulfonamides is 2. The predicted molar refractivity (Wildman–Crippen MR) is 179 cm³/mol. The van der Waals surface area contributed by atoms with E-state index in [1.807, 2.05) is 0 Å². The van der Waals surface area contributed by atoms with Crippen LogP contribution in [-0.2, 0) is 20.0 Å². The van der Waals surface area contributed by atoms with Crippen LogP contribution >= 0.6 is 23.3 Å². The number of ether oxygens (including phenoxy) is 1. The third-order valence-electron chi connectivity index (χ3n) is 6.78. The van der Waals surface area contributed by atoms with Crippen molar-refractivity contribution in [3.63, 3.8) is 0 Å². The van der Waals surface area contributed by atoms with Gasteiger partial charge in [-0.3, -0.25) is 9.44 Å². The Bertz CT molecular complexity index is 2560. The number of aromatic amines is 2. The fourth-order valence-electron chi connectivity index (χ4n) is 4.55. The van der Waals surface area contributed by atoms with Gasteiger partial charge >= 0.3 is 0 Å². The number of hydrogen-bond donors (Lipinski definition) is 4. The average Bonchev–Trinajstić information content (AvgIpc) is 3.80. The van der Waals surface area contributed by atoms with E-state index in [0.29, 0.717) is 44.5 Å². The molecule has 0 unspecified atom stereocenters. The van der Waals surface area contributed by atoms with Crippen LogP contribution < -0.4 is 14.2 Å². The second-order valence-electron chi connectivity index (χ2n) is 9.77. The molecule has 0 saturated carbocycles. The highest BCUT2D eigenvalue weighted by molar-refractivity contribution is 7.93. The van der Waals surface area contributed by atoms with E-state index in [9.17, 15) is 21.2 Å². The van der Waals surface area contributed by atoms with Gasteiger partial charge in [0.1, 0.15) is 43.2 Å². The molecule has 0 atom stereocenters. The average molecular weight is 710 g/mol. The zero-order valence-corrected chi connectivity index (χ0v) is 27.2. The maximum atomic E-state index is 14.0. The van der Waals surface area contributed by atoms with E-state index >= 15 is 0 Å². The van der Waals surface area contributed by atoms with Crippen molar-refractivity contribution in [2.24, 2.45) is 0 Å². The summed E-state index contributed by atoms with van der Waals surface area (Å²) in [6.45, 7) is 0. The molecule has 0 aliphatic rings. The summed E-state index contributed by atoms with van der Waals surface area (Å²) in [4.78, 5) is 9.85. The summed E-state index contributed by atoms with van der Waals surface area (Å²) < 4.78 is 82.4. The number of anilines is 2. The lowest BCUT2D eigenvalue weighted by atomic mass is 10.2. The lowest BCUT2D eigenvalue weighted by Crippen LogP contribution is -2.13. The summed E-state index contributed by atoms with van der Waals surface area (Å²) in [7, 11) is -6.22. The number of H-pyrrole nitrogens is 2. The Labute approximate surface area is 276 Å². The number of halogens is 2. The first-order chi connectivity index (χ1) is 22.5. The Balaban J connectivity index is 0.000000164. The summed E-state index contributed by atoms with van der Waals surface area (Å²) in [6.07, 6.45) is 7.92. The summed E-state index contributed by atoms with van der Waals surface area (Å²) in [6, 6.07) is 17.0. The number of nitrogens with zero attached hydrogens (tertiary/aromatic N) is 3. The molecule has 0 saturated heterocycles. The molecule has 4 N–H and O–H groups in total. The van der Waals surface area contributed by atoms with E-state index in [-0.39, 0.29) is 20.6 Å². The van der Waals surface area contributed by atoms with Gasteiger partial charge < -0.3 is 14.7 Å². The van der Waals surface area contributed by atoms with Crippen molar-refractivity contribution in [1.82, 2.24) is 23.7 Å². The summed E-state index contributed by atoms with van der Waals surface area (Å²) in [5, 5.41) is 1.24. The van der Waals surface area contributed by atoms with Gasteiger partial charge in [-0.1, -0.05) is 17.5 Å². The van der Waals surface area contributed by atoms with E-state index in [0.717, 1.165) is 23.3 Å². The number of pyridine rings is 1. The van der Waals surface area contributed by atoms with E-state index in [2.05, 4.69) is 39.1 Å². The van der Waals surface area contributed by atoms with Gasteiger partial charge in [0.05, 0.1) is 35.7 Å². The molecule has 47 heavy (non-hydrogen) atoms. The molecule has 4 aromatic heterocycles. The summed E-state index contributed by atoms with van der Waals surface area (Å²) in [5.41, 5.74) is 2.95. The smallest absolute Gasteiger partial charge is 0.264 e. The molecule has 4 heterocycles. The van der Waals surface area contributed by atoms with Crippen LogP contribution in [-0.4, -0.2) is 47.6 Å². The van der Waals surface area contributed by atoms with Crippen LogP contribution in [0, 0.1) is 18.2 Å². The van der Waals surface area contributed by atoms with E-state index < -0.39 is 25.9 Å². The van der Waals surface area contributed by atoms with Gasteiger partial charge in [-0.05, 0) is 60.7 Å². The molecule has 0 bridgehead atoms. The van der Waals surface area contributed by atoms with E-state index in [1.165, 1.54) is 31.6 Å². The molecule has 0 amide bonds. The normalized spacial score (nSPS) is 11.6. The SMILES string of the molecule is C#Cc1ccc(NS(=O)(=O)c2c[nH]c3cc(OC)ccc23)c(F)c1.O=S(=O)(Nc1ccc2nsnc2c1)c1c[nH]c2nc(Cl)ccc12. The van der Waals surface area contributed by atoms with Crippen molar-refractivity contribution in [3.8, 4) is 18.1 Å². The van der Waals surface area contributed by atoms with Crippen LogP contribution in [0.25, 0.3) is 33.0 Å². The van der Waals surface area contributed by atoms with Crippen LogP contribution in [0.15, 0.2) is 88.9 Å². The van der Waals surface area contributed by atoms with Crippen molar-refractivity contribution in [3.05, 3.63) is 95.7 Å². The molecule has 238 valence electrons. The van der Waals surface area contributed by atoms with Crippen molar-refractivity contribution in [1.29, 1.82) is 0 Å². The molecule has 17 heteroatoms. The number of methoxy groups -OCH3 is 1. The van der Waals surface area contributed by atoms with Crippen molar-refractivity contribution in [2.75, 3.05) is 16.6 Å². The Hall–Kier alpha value is -5.21. The molecule has 0 aliphatic carbocycles. The first-order valence-corrected chi connectivity index (χ1v) is 17.4. The summed E-state index contributed by atoms with van der Waals surface area (Å²) >= 11 is 6.89. The minimum absolute atomic E-state index is 0.0144. The van der Waals surface area contributed by atoms with Crippen LogP contribution in [0.3, 0.4) is 0 Å². The highest BCUT2D eigenvalue weighted by atomic mass is 35.5. The predicted octanol–water partition coefficient (Wildman–Crippen LogP) is 6.12. The first kappa shape index (κ1) is 31.8. The van der Waals surface area contributed by atoms with Crippen molar-refractivity contribution < 1.29 is 26.0 Å². The van der Waals surface area contributed by atoms with Crippen LogP contribution in [0.5, 0.6) is 5.75 Å². The number of hydrogen-bond acceptors (Lipinski definition) is 9. The van der Waals surface area contributed by atoms with Crippen molar-refractivity contribution >= 4 is 87.7 Å². The molecule has 7 rings (SSSR count). The highest BCUT2D eigenvalue weighted by Gasteiger charge is 2.22. The summed E-state index contributed by atoms with van der Waals surface area (Å²) in [5.74, 6) is 2.14. The molecule has 0 aliphatic heterocycles. The lowest BCUT2D eigenvalue weighted by Gasteiger charge is -2.08. The molecule has 0 spiro atoms. The monoisotopic (exact) mass is 709 g/mol. The van der Waals surface area contributed by atoms with Gasteiger partial charge in [-0.25, -0.2) is 26.2 Å². The van der Waals surface area contributed by atoms with Gasteiger partial charge in [0.25, 0.3) is 20.0 Å². The maximum Gasteiger partial charge on any atom is 0.264 e. The largest absolute Gasteiger partial charge is 0.497 e. The quantitative estimate of drug-likeness (QED) is 0.113. The Morgan fingerprint density at radius 1 is 0.872 bits per heavy atom. The number of nitrogens with one attached hydrogen (secondary N) is 4. The lowest BCUT2D eigenvalue weighted by molar-refractivity contribution is 0.415. The second-order valence-corrected chi connectivity index (χ2v) is 14.0. The van der Waals surface area contributed by atoms with Gasteiger partial charge in [0.2, 0.25) is 0 Å². The number of terminal acetylenes is 1. The first-order valence-electron chi connectivity index (χ1n) is 13.3. The van der Waals surface area contributed by atoms with E-state index in [4.69, 9.17) is 22.8 Å². The fourth-order valence-corrected chi connectivity index (χ4v) is 7.68. The topological polar surface area (TPSA) is 172 Å². The standard InChI is InChI=1S/C17H13FN2O3S.C13H8ClN5O2S2/c1-3-11-4-7-15(14(18)8-11)20-24(21,22)17-10-19-16-9-12(23-2)5-6-13(16)17;14-12-4-2-8-11(6-15-13(8)16-12)23(20,21)19-7-1-3-9-10(5-7)18-22-17-9/h1,4-10,19-20H,2H3;1-6,19H,(H,15,16). The maximum absolute atomic E-state index is 14.0. The van der Waals surface area contributed by atoms with Gasteiger partial charge in [0.15, 0.2) is 0 Å². The third kappa shape index (κ3) is 6.55. The second kappa shape index (κ2) is 12.5. The third-order valence-corrected chi connectivity index (χ3v) is 10.4. The van der Waals surface area contributed by atoms with Crippen LogP contribution in [0.1, 0.15) is 5.56 Å². The zero-order valence-electron chi connectivity index (χ0n) is 23.9. The Morgan fingerprint density at radius 3 is 2.36 bits per heavy atom. The number of aromatic nitrogens is 5. The highest BCUT2D eigenvalue weighted by Crippen LogP contribution is 2.29. The van der Waals surface area contributed by atoms with E-state index in [1.54, 1.807) is 48.5 Å². The Morgan fingerprint density at radius 2 is 1.60 bits per heavy atom. The van der Waals surface area contributed by atoms with Crippen LogP contribution in [0.4, 0.5) is 15.8 Å². The van der Waals surface area contributed by atoms with Gasteiger partial charge in [-0.15, -0.1) is 6.42 Å². The minimum atomic E-state index is -3.97. The molecule has 12 nitrogen and oxygen atoms in total. The van der Waals surface area contributed by atoms with Crippen molar-refractivity contribution in [2.45, 2.75) is 9.79 Å². The fraction of sp³-hybridized carbons (Fsp3) is 0.0333. The molecule has 7 aromatic rings. The number of rotatable bonds is 7. The zero-order chi connectivity index (χ0) is 33.3. The molecular formula is C30H21ClFN7O5S3. The minimum Gasteiger partial charge on any atom is -0.497 e.